The molecule has 1 heterocycles. The van der Waals surface area contributed by atoms with Gasteiger partial charge in [0.25, 0.3) is 0 Å². The smallest absolute Gasteiger partial charge is 0.234 e. The molecule has 0 fully saturated rings. The summed E-state index contributed by atoms with van der Waals surface area (Å²) >= 11 is 1.32. The van der Waals surface area contributed by atoms with Gasteiger partial charge in [0.15, 0.2) is 5.16 Å². The van der Waals surface area contributed by atoms with Crippen LogP contribution in [0.5, 0.6) is 0 Å². The monoisotopic (exact) mass is 273 g/mol. The van der Waals surface area contributed by atoms with Crippen molar-refractivity contribution in [1.82, 2.24) is 9.97 Å². The zero-order valence-electron chi connectivity index (χ0n) is 10.9. The third-order valence-electron chi connectivity index (χ3n) is 2.54. The Bertz CT molecular complexity index is 572. The summed E-state index contributed by atoms with van der Waals surface area (Å²) in [4.78, 5) is 20.0. The van der Waals surface area contributed by atoms with Crippen LogP contribution >= 0.6 is 11.8 Å². The fourth-order valence-corrected chi connectivity index (χ4v) is 2.15. The van der Waals surface area contributed by atoms with Gasteiger partial charge in [0.1, 0.15) is 0 Å². The van der Waals surface area contributed by atoms with Gasteiger partial charge in [-0.3, -0.25) is 4.79 Å². The highest BCUT2D eigenvalue weighted by atomic mass is 32.2. The first-order valence-electron chi connectivity index (χ1n) is 5.92. The number of hydrogen-bond acceptors (Lipinski definition) is 4. The molecule has 0 aliphatic carbocycles. The second-order valence-corrected chi connectivity index (χ2v) is 5.13. The molecule has 0 aliphatic heterocycles. The van der Waals surface area contributed by atoms with E-state index in [1.807, 2.05) is 32.0 Å². The van der Waals surface area contributed by atoms with E-state index in [4.69, 9.17) is 0 Å². The molecule has 1 N–H and O–H groups in total. The fourth-order valence-electron chi connectivity index (χ4n) is 1.55. The standard InChI is InChI=1S/C14H15N3OS/c1-10-4-5-11(2)12(8-10)17-13(18)9-19-14-15-6-3-7-16-14/h3-8H,9H2,1-2H3,(H,17,18). The molecule has 0 radical (unpaired) electrons. The molecule has 2 aromatic rings. The van der Waals surface area contributed by atoms with Gasteiger partial charge in [0, 0.05) is 18.1 Å². The maximum atomic E-state index is 11.9. The molecular formula is C14H15N3OS. The first kappa shape index (κ1) is 13.5. The van der Waals surface area contributed by atoms with Gasteiger partial charge in [0.2, 0.25) is 5.91 Å². The van der Waals surface area contributed by atoms with Crippen LogP contribution < -0.4 is 5.32 Å². The van der Waals surface area contributed by atoms with E-state index in [1.165, 1.54) is 11.8 Å². The maximum Gasteiger partial charge on any atom is 0.234 e. The number of nitrogens with zero attached hydrogens (tertiary/aromatic N) is 2. The van der Waals surface area contributed by atoms with Crippen LogP contribution in [0, 0.1) is 13.8 Å². The molecule has 0 unspecified atom stereocenters. The fraction of sp³-hybridized carbons (Fsp3) is 0.214. The molecular weight excluding hydrogens is 258 g/mol. The number of carbonyl (C=O) groups is 1. The summed E-state index contributed by atoms with van der Waals surface area (Å²) in [6.45, 7) is 3.98. The Labute approximate surface area is 116 Å². The van der Waals surface area contributed by atoms with E-state index in [2.05, 4.69) is 15.3 Å². The molecule has 98 valence electrons. The highest BCUT2D eigenvalue weighted by Gasteiger charge is 2.06. The number of thioether (sulfide) groups is 1. The summed E-state index contributed by atoms with van der Waals surface area (Å²) in [5, 5.41) is 3.52. The SMILES string of the molecule is Cc1ccc(C)c(NC(=O)CSc2ncccn2)c1. The number of amides is 1. The summed E-state index contributed by atoms with van der Waals surface area (Å²) in [6.07, 6.45) is 3.33. The number of rotatable bonds is 4. The molecule has 1 aromatic carbocycles. The second-order valence-electron chi connectivity index (χ2n) is 4.19. The molecule has 0 saturated carbocycles. The average molecular weight is 273 g/mol. The summed E-state index contributed by atoms with van der Waals surface area (Å²) in [5.41, 5.74) is 3.04. The molecule has 1 amide bonds. The van der Waals surface area contributed by atoms with E-state index >= 15 is 0 Å². The third-order valence-corrected chi connectivity index (χ3v) is 3.42. The molecule has 2 rings (SSSR count). The summed E-state index contributed by atoms with van der Waals surface area (Å²) in [5.74, 6) is 0.253. The minimum Gasteiger partial charge on any atom is -0.325 e. The Balaban J connectivity index is 1.93. The number of aromatic nitrogens is 2. The van der Waals surface area contributed by atoms with Crippen LogP contribution in [0.3, 0.4) is 0 Å². The minimum absolute atomic E-state index is 0.0499. The minimum atomic E-state index is -0.0499. The van der Waals surface area contributed by atoms with Gasteiger partial charge in [-0.25, -0.2) is 9.97 Å². The van der Waals surface area contributed by atoms with E-state index in [0.29, 0.717) is 10.9 Å². The first-order chi connectivity index (χ1) is 9.15. The highest BCUT2D eigenvalue weighted by molar-refractivity contribution is 7.99. The van der Waals surface area contributed by atoms with Crippen LogP contribution in [-0.2, 0) is 4.79 Å². The van der Waals surface area contributed by atoms with E-state index in [1.54, 1.807) is 18.5 Å². The van der Waals surface area contributed by atoms with Gasteiger partial charge >= 0.3 is 0 Å². The lowest BCUT2D eigenvalue weighted by molar-refractivity contribution is -0.113. The van der Waals surface area contributed by atoms with Crippen molar-refractivity contribution in [3.8, 4) is 0 Å². The maximum absolute atomic E-state index is 11.9. The van der Waals surface area contributed by atoms with Crippen LogP contribution in [0.1, 0.15) is 11.1 Å². The lowest BCUT2D eigenvalue weighted by atomic mass is 10.1. The topological polar surface area (TPSA) is 54.9 Å². The number of benzene rings is 1. The zero-order valence-corrected chi connectivity index (χ0v) is 11.7. The number of aryl methyl sites for hydroxylation is 2. The van der Waals surface area contributed by atoms with Crippen molar-refractivity contribution in [1.29, 1.82) is 0 Å². The Hall–Kier alpha value is -1.88. The van der Waals surface area contributed by atoms with Crippen molar-refractivity contribution < 1.29 is 4.79 Å². The third kappa shape index (κ3) is 4.06. The molecule has 0 bridgehead atoms. The molecule has 0 spiro atoms. The van der Waals surface area contributed by atoms with Crippen LogP contribution in [-0.4, -0.2) is 21.6 Å². The summed E-state index contributed by atoms with van der Waals surface area (Å²) in [7, 11) is 0. The molecule has 19 heavy (non-hydrogen) atoms. The van der Waals surface area contributed by atoms with Crippen LogP contribution in [0.2, 0.25) is 0 Å². The Kier molecular flexibility index (Phi) is 4.52. The zero-order chi connectivity index (χ0) is 13.7. The lowest BCUT2D eigenvalue weighted by Gasteiger charge is -2.08. The van der Waals surface area contributed by atoms with Crippen molar-refractivity contribution in [3.63, 3.8) is 0 Å². The predicted molar refractivity (Wildman–Crippen MR) is 77.3 cm³/mol. The normalized spacial score (nSPS) is 10.2. The highest BCUT2D eigenvalue weighted by Crippen LogP contribution is 2.17. The molecule has 4 nitrogen and oxygen atoms in total. The van der Waals surface area contributed by atoms with Gasteiger partial charge in [-0.05, 0) is 37.1 Å². The van der Waals surface area contributed by atoms with Crippen LogP contribution in [0.25, 0.3) is 0 Å². The predicted octanol–water partition coefficient (Wildman–Crippen LogP) is 2.82. The van der Waals surface area contributed by atoms with Crippen LogP contribution in [0.15, 0.2) is 41.8 Å². The van der Waals surface area contributed by atoms with E-state index in [0.717, 1.165) is 16.8 Å². The molecule has 0 saturated heterocycles. The average Bonchev–Trinajstić information content (AvgIpc) is 2.42. The largest absolute Gasteiger partial charge is 0.325 e. The molecule has 5 heteroatoms. The van der Waals surface area contributed by atoms with Crippen molar-refractivity contribution >= 4 is 23.4 Å². The lowest BCUT2D eigenvalue weighted by Crippen LogP contribution is -2.15. The van der Waals surface area contributed by atoms with Gasteiger partial charge in [-0.2, -0.15) is 0 Å². The van der Waals surface area contributed by atoms with Gasteiger partial charge < -0.3 is 5.32 Å². The van der Waals surface area contributed by atoms with Crippen molar-refractivity contribution in [3.05, 3.63) is 47.8 Å². The number of carbonyl (C=O) groups excluding carboxylic acids is 1. The van der Waals surface area contributed by atoms with Crippen molar-refractivity contribution in [2.24, 2.45) is 0 Å². The first-order valence-corrected chi connectivity index (χ1v) is 6.90. The van der Waals surface area contributed by atoms with Gasteiger partial charge in [0.05, 0.1) is 5.75 Å². The molecule has 0 aliphatic rings. The Morgan fingerprint density at radius 1 is 1.26 bits per heavy atom. The quantitative estimate of drug-likeness (QED) is 0.687. The van der Waals surface area contributed by atoms with E-state index in [9.17, 15) is 4.79 Å². The Morgan fingerprint density at radius 3 is 2.74 bits per heavy atom. The van der Waals surface area contributed by atoms with Gasteiger partial charge in [-0.15, -0.1) is 0 Å². The molecule has 0 atom stereocenters. The van der Waals surface area contributed by atoms with Crippen molar-refractivity contribution in [2.75, 3.05) is 11.1 Å². The summed E-state index contributed by atoms with van der Waals surface area (Å²) < 4.78 is 0. The Morgan fingerprint density at radius 2 is 2.00 bits per heavy atom. The van der Waals surface area contributed by atoms with Crippen molar-refractivity contribution in [2.45, 2.75) is 19.0 Å². The second kappa shape index (κ2) is 6.33. The number of anilines is 1. The van der Waals surface area contributed by atoms with E-state index < -0.39 is 0 Å². The van der Waals surface area contributed by atoms with Crippen LogP contribution in [0.4, 0.5) is 5.69 Å². The summed E-state index contributed by atoms with van der Waals surface area (Å²) in [6, 6.07) is 7.74. The van der Waals surface area contributed by atoms with Gasteiger partial charge in [-0.1, -0.05) is 23.9 Å². The molecule has 1 aromatic heterocycles. The number of hydrogen-bond donors (Lipinski definition) is 1. The van der Waals surface area contributed by atoms with E-state index in [-0.39, 0.29) is 5.91 Å². The number of nitrogens with one attached hydrogen (secondary N) is 1.